The van der Waals surface area contributed by atoms with Crippen LogP contribution in [-0.2, 0) is 16.3 Å². The minimum Gasteiger partial charge on any atom is -0.350 e. The Kier molecular flexibility index (Phi) is 4.98. The van der Waals surface area contributed by atoms with Gasteiger partial charge in [-0.05, 0) is 24.5 Å². The summed E-state index contributed by atoms with van der Waals surface area (Å²) in [5.41, 5.74) is 2.17. The second-order valence-corrected chi connectivity index (χ2v) is 8.23. The van der Waals surface area contributed by atoms with Crippen molar-refractivity contribution in [2.75, 3.05) is 22.1 Å². The van der Waals surface area contributed by atoms with E-state index in [9.17, 15) is 13.2 Å². The first-order valence-corrected chi connectivity index (χ1v) is 9.97. The fourth-order valence-corrected chi connectivity index (χ4v) is 4.43. The Labute approximate surface area is 146 Å². The zero-order chi connectivity index (χ0) is 17.9. The lowest BCUT2D eigenvalue weighted by Crippen LogP contribution is -2.22. The summed E-state index contributed by atoms with van der Waals surface area (Å²) in [7, 11) is -2.96. The number of aryl methyl sites for hydroxylation is 1. The van der Waals surface area contributed by atoms with Gasteiger partial charge >= 0.3 is 0 Å². The summed E-state index contributed by atoms with van der Waals surface area (Å²) in [5, 5.41) is 5.86. The molecular formula is C17H20N4O3S. The summed E-state index contributed by atoms with van der Waals surface area (Å²) in [4.78, 5) is 20.6. The van der Waals surface area contributed by atoms with E-state index in [-0.39, 0.29) is 23.5 Å². The molecule has 2 N–H and O–H groups in total. The highest BCUT2D eigenvalue weighted by Gasteiger charge is 2.28. The fraction of sp³-hybridized carbons (Fsp3) is 0.353. The zero-order valence-corrected chi connectivity index (χ0v) is 14.7. The van der Waals surface area contributed by atoms with Crippen LogP contribution in [0.25, 0.3) is 0 Å². The SMILES string of the molecule is CCc1ccccc1NC(=O)c1cnc(NC2CCS(=O)(=O)C2)nc1. The fourth-order valence-electron chi connectivity index (χ4n) is 2.76. The Morgan fingerprint density at radius 1 is 1.24 bits per heavy atom. The van der Waals surface area contributed by atoms with Crippen LogP contribution in [0.15, 0.2) is 36.7 Å². The first-order chi connectivity index (χ1) is 12.0. The Hall–Kier alpha value is -2.48. The van der Waals surface area contributed by atoms with Crippen LogP contribution in [0.2, 0.25) is 0 Å². The lowest BCUT2D eigenvalue weighted by molar-refractivity contribution is 0.102. The summed E-state index contributed by atoms with van der Waals surface area (Å²) >= 11 is 0. The number of sulfone groups is 1. The van der Waals surface area contributed by atoms with Gasteiger partial charge in [0.25, 0.3) is 5.91 Å². The summed E-state index contributed by atoms with van der Waals surface area (Å²) in [6.45, 7) is 2.03. The number of hydrogen-bond donors (Lipinski definition) is 2. The predicted molar refractivity (Wildman–Crippen MR) is 96.5 cm³/mol. The number of nitrogens with zero attached hydrogens (tertiary/aromatic N) is 2. The van der Waals surface area contributed by atoms with Crippen LogP contribution in [0.3, 0.4) is 0 Å². The number of carbonyl (C=O) groups excluding carboxylic acids is 1. The standard InChI is InChI=1S/C17H20N4O3S/c1-2-12-5-3-4-6-15(12)21-16(22)13-9-18-17(19-10-13)20-14-7-8-25(23,24)11-14/h3-6,9-10,14H,2,7-8,11H2,1H3,(H,21,22)(H,18,19,20). The average molecular weight is 360 g/mol. The number of amides is 1. The number of rotatable bonds is 5. The van der Waals surface area contributed by atoms with E-state index in [4.69, 9.17) is 0 Å². The van der Waals surface area contributed by atoms with Gasteiger partial charge in [-0.15, -0.1) is 0 Å². The highest BCUT2D eigenvalue weighted by atomic mass is 32.2. The molecule has 0 spiro atoms. The van der Waals surface area contributed by atoms with Crippen molar-refractivity contribution in [3.05, 3.63) is 47.8 Å². The van der Waals surface area contributed by atoms with Gasteiger partial charge in [0.1, 0.15) is 0 Å². The molecule has 1 unspecified atom stereocenters. The van der Waals surface area contributed by atoms with Crippen LogP contribution in [0.4, 0.5) is 11.6 Å². The van der Waals surface area contributed by atoms with E-state index in [1.165, 1.54) is 12.4 Å². The lowest BCUT2D eigenvalue weighted by atomic mass is 10.1. The van der Waals surface area contributed by atoms with Gasteiger partial charge in [0.05, 0.1) is 17.1 Å². The molecule has 1 atom stereocenters. The van der Waals surface area contributed by atoms with Gasteiger partial charge < -0.3 is 10.6 Å². The van der Waals surface area contributed by atoms with E-state index < -0.39 is 9.84 Å². The van der Waals surface area contributed by atoms with E-state index >= 15 is 0 Å². The molecule has 1 aliphatic rings. The molecule has 1 fully saturated rings. The van der Waals surface area contributed by atoms with Crippen LogP contribution >= 0.6 is 0 Å². The summed E-state index contributed by atoms with van der Waals surface area (Å²) in [6, 6.07) is 7.44. The molecule has 2 heterocycles. The molecule has 1 aliphatic heterocycles. The maximum atomic E-state index is 12.3. The second kappa shape index (κ2) is 7.18. The molecule has 1 saturated heterocycles. The van der Waals surface area contributed by atoms with Crippen molar-refractivity contribution in [1.29, 1.82) is 0 Å². The number of para-hydroxylation sites is 1. The topological polar surface area (TPSA) is 101 Å². The molecule has 1 amide bonds. The first-order valence-electron chi connectivity index (χ1n) is 8.15. The molecule has 0 aliphatic carbocycles. The third-order valence-corrected chi connectivity index (χ3v) is 5.89. The third-order valence-electron chi connectivity index (χ3n) is 4.13. The van der Waals surface area contributed by atoms with Gasteiger partial charge in [0.15, 0.2) is 9.84 Å². The van der Waals surface area contributed by atoms with E-state index in [0.717, 1.165) is 17.7 Å². The highest BCUT2D eigenvalue weighted by Crippen LogP contribution is 2.17. The van der Waals surface area contributed by atoms with Crippen molar-refractivity contribution in [3.63, 3.8) is 0 Å². The van der Waals surface area contributed by atoms with E-state index in [1.807, 2.05) is 31.2 Å². The molecule has 0 saturated carbocycles. The molecule has 0 bridgehead atoms. The van der Waals surface area contributed by atoms with Gasteiger partial charge in [-0.25, -0.2) is 18.4 Å². The van der Waals surface area contributed by atoms with E-state index in [0.29, 0.717) is 17.9 Å². The Bertz CT molecular complexity index is 866. The number of carbonyl (C=O) groups is 1. The number of hydrogen-bond acceptors (Lipinski definition) is 6. The number of nitrogens with one attached hydrogen (secondary N) is 2. The van der Waals surface area contributed by atoms with Crippen LogP contribution in [0.1, 0.15) is 29.3 Å². The second-order valence-electron chi connectivity index (χ2n) is 6.00. The molecular weight excluding hydrogens is 340 g/mol. The maximum absolute atomic E-state index is 12.3. The largest absolute Gasteiger partial charge is 0.350 e. The van der Waals surface area contributed by atoms with Gasteiger partial charge in [-0.3, -0.25) is 4.79 Å². The van der Waals surface area contributed by atoms with Gasteiger partial charge in [0, 0.05) is 24.1 Å². The van der Waals surface area contributed by atoms with Gasteiger partial charge in [0.2, 0.25) is 5.95 Å². The van der Waals surface area contributed by atoms with Crippen molar-refractivity contribution in [2.24, 2.45) is 0 Å². The molecule has 1 aromatic heterocycles. The minimum absolute atomic E-state index is 0.0897. The molecule has 3 rings (SSSR count). The average Bonchev–Trinajstić information content (AvgIpc) is 2.94. The van der Waals surface area contributed by atoms with Gasteiger partial charge in [-0.2, -0.15) is 0 Å². The Balaban J connectivity index is 1.64. The molecule has 7 nitrogen and oxygen atoms in total. The normalized spacial score (nSPS) is 18.7. The van der Waals surface area contributed by atoms with Crippen LogP contribution < -0.4 is 10.6 Å². The number of aromatic nitrogens is 2. The van der Waals surface area contributed by atoms with Crippen molar-refractivity contribution >= 4 is 27.4 Å². The molecule has 8 heteroatoms. The van der Waals surface area contributed by atoms with Crippen molar-refractivity contribution in [3.8, 4) is 0 Å². The van der Waals surface area contributed by atoms with Crippen LogP contribution in [0.5, 0.6) is 0 Å². The minimum atomic E-state index is -2.96. The van der Waals surface area contributed by atoms with Crippen LogP contribution in [-0.4, -0.2) is 41.8 Å². The van der Waals surface area contributed by atoms with Crippen molar-refractivity contribution in [1.82, 2.24) is 9.97 Å². The van der Waals surface area contributed by atoms with Crippen LogP contribution in [0, 0.1) is 0 Å². The lowest BCUT2D eigenvalue weighted by Gasteiger charge is -2.11. The molecule has 1 aromatic carbocycles. The highest BCUT2D eigenvalue weighted by molar-refractivity contribution is 7.91. The Morgan fingerprint density at radius 2 is 1.96 bits per heavy atom. The Morgan fingerprint density at radius 3 is 2.60 bits per heavy atom. The number of benzene rings is 1. The first kappa shape index (κ1) is 17.3. The quantitative estimate of drug-likeness (QED) is 0.844. The summed E-state index contributed by atoms with van der Waals surface area (Å²) < 4.78 is 22.9. The van der Waals surface area contributed by atoms with E-state index in [1.54, 1.807) is 0 Å². The maximum Gasteiger partial charge on any atom is 0.258 e. The monoisotopic (exact) mass is 360 g/mol. The van der Waals surface area contributed by atoms with E-state index in [2.05, 4.69) is 20.6 Å². The van der Waals surface area contributed by atoms with Crippen molar-refractivity contribution < 1.29 is 13.2 Å². The van der Waals surface area contributed by atoms with Crippen molar-refractivity contribution in [2.45, 2.75) is 25.8 Å². The number of anilines is 2. The smallest absolute Gasteiger partial charge is 0.258 e. The molecule has 25 heavy (non-hydrogen) atoms. The predicted octanol–water partition coefficient (Wildman–Crippen LogP) is 1.89. The summed E-state index contributed by atoms with van der Waals surface area (Å²) in [6.07, 6.45) is 4.23. The molecule has 2 aromatic rings. The summed E-state index contributed by atoms with van der Waals surface area (Å²) in [5.74, 6) is 0.317. The zero-order valence-electron chi connectivity index (χ0n) is 13.9. The molecule has 0 radical (unpaired) electrons. The van der Waals surface area contributed by atoms with Gasteiger partial charge in [-0.1, -0.05) is 25.1 Å². The molecule has 132 valence electrons. The third kappa shape index (κ3) is 4.33.